The van der Waals surface area contributed by atoms with Crippen LogP contribution in [0.4, 0.5) is 5.95 Å². The van der Waals surface area contributed by atoms with Crippen LogP contribution in [0.1, 0.15) is 13.3 Å². The molecule has 5 heteroatoms. The Morgan fingerprint density at radius 1 is 1.43 bits per heavy atom. The van der Waals surface area contributed by atoms with Crippen molar-refractivity contribution in [3.63, 3.8) is 0 Å². The van der Waals surface area contributed by atoms with Gasteiger partial charge in [-0.05, 0) is 35.9 Å². The van der Waals surface area contributed by atoms with Crippen molar-refractivity contribution in [2.24, 2.45) is 0 Å². The maximum Gasteiger partial charge on any atom is 0.225 e. The highest BCUT2D eigenvalue weighted by molar-refractivity contribution is 14.1. The van der Waals surface area contributed by atoms with Gasteiger partial charge in [0.25, 0.3) is 0 Å². The van der Waals surface area contributed by atoms with Gasteiger partial charge >= 0.3 is 0 Å². The van der Waals surface area contributed by atoms with Gasteiger partial charge in [-0.3, -0.25) is 0 Å². The predicted octanol–water partition coefficient (Wildman–Crippen LogP) is 2.54. The van der Waals surface area contributed by atoms with Gasteiger partial charge in [-0.1, -0.05) is 0 Å². The minimum atomic E-state index is 0.681. The molecule has 1 aromatic rings. The number of hydrogen-bond acceptors (Lipinski definition) is 3. The highest BCUT2D eigenvalue weighted by atomic mass is 127. The molecule has 0 saturated heterocycles. The van der Waals surface area contributed by atoms with Gasteiger partial charge in [0.1, 0.15) is 0 Å². The van der Waals surface area contributed by atoms with Crippen LogP contribution in [-0.2, 0) is 0 Å². The van der Waals surface area contributed by atoms with Gasteiger partial charge in [-0.2, -0.15) is 0 Å². The molecule has 1 heterocycles. The van der Waals surface area contributed by atoms with Crippen molar-refractivity contribution in [2.45, 2.75) is 13.3 Å². The molecule has 78 valence electrons. The molecule has 0 unspecified atom stereocenters. The Balaban J connectivity index is 2.64. The molecular formula is C9H13ClIN3. The molecule has 0 aliphatic heterocycles. The zero-order valence-electron chi connectivity index (χ0n) is 8.08. The fourth-order valence-corrected chi connectivity index (χ4v) is 1.52. The van der Waals surface area contributed by atoms with Crippen molar-refractivity contribution in [2.75, 3.05) is 23.9 Å². The molecule has 0 atom stereocenters. The van der Waals surface area contributed by atoms with E-state index in [1.807, 2.05) is 12.4 Å². The average Bonchev–Trinajstić information content (AvgIpc) is 2.21. The van der Waals surface area contributed by atoms with Crippen LogP contribution in [0, 0.1) is 3.57 Å². The SMILES string of the molecule is CCN(CCCCl)c1ncc(I)cn1. The Labute approximate surface area is 103 Å². The Morgan fingerprint density at radius 3 is 2.57 bits per heavy atom. The molecule has 0 aromatic carbocycles. The molecule has 0 aliphatic carbocycles. The normalized spacial score (nSPS) is 10.2. The number of aromatic nitrogens is 2. The van der Waals surface area contributed by atoms with Crippen LogP contribution in [0.5, 0.6) is 0 Å². The van der Waals surface area contributed by atoms with Crippen LogP contribution in [0.15, 0.2) is 12.4 Å². The zero-order valence-corrected chi connectivity index (χ0v) is 11.0. The van der Waals surface area contributed by atoms with Crippen LogP contribution in [0.3, 0.4) is 0 Å². The minimum Gasteiger partial charge on any atom is -0.341 e. The van der Waals surface area contributed by atoms with E-state index in [0.29, 0.717) is 5.88 Å². The van der Waals surface area contributed by atoms with E-state index in [2.05, 4.69) is 44.4 Å². The van der Waals surface area contributed by atoms with Gasteiger partial charge in [0.15, 0.2) is 0 Å². The topological polar surface area (TPSA) is 29.0 Å². The van der Waals surface area contributed by atoms with Gasteiger partial charge in [0, 0.05) is 34.9 Å². The third kappa shape index (κ3) is 3.57. The third-order valence-electron chi connectivity index (χ3n) is 1.83. The Kier molecular flexibility index (Phi) is 5.47. The van der Waals surface area contributed by atoms with E-state index in [-0.39, 0.29) is 0 Å². The summed E-state index contributed by atoms with van der Waals surface area (Å²) < 4.78 is 1.06. The van der Waals surface area contributed by atoms with Crippen molar-refractivity contribution in [3.05, 3.63) is 16.0 Å². The average molecular weight is 326 g/mol. The lowest BCUT2D eigenvalue weighted by atomic mass is 10.4. The third-order valence-corrected chi connectivity index (χ3v) is 2.66. The highest BCUT2D eigenvalue weighted by Crippen LogP contribution is 2.08. The van der Waals surface area contributed by atoms with Crippen molar-refractivity contribution in [1.82, 2.24) is 9.97 Å². The van der Waals surface area contributed by atoms with E-state index in [9.17, 15) is 0 Å². The maximum absolute atomic E-state index is 5.65. The first kappa shape index (κ1) is 12.0. The molecule has 0 aliphatic rings. The lowest BCUT2D eigenvalue weighted by Gasteiger charge is -2.19. The van der Waals surface area contributed by atoms with E-state index in [1.165, 1.54) is 0 Å². The summed E-state index contributed by atoms with van der Waals surface area (Å²) in [5, 5.41) is 0. The first-order valence-corrected chi connectivity index (χ1v) is 6.17. The summed E-state index contributed by atoms with van der Waals surface area (Å²) in [6, 6.07) is 0. The van der Waals surface area contributed by atoms with Crippen molar-refractivity contribution >= 4 is 40.1 Å². The Bertz CT molecular complexity index is 265. The number of nitrogens with zero attached hydrogens (tertiary/aromatic N) is 3. The first-order valence-electron chi connectivity index (χ1n) is 4.56. The summed E-state index contributed by atoms with van der Waals surface area (Å²) in [5.41, 5.74) is 0. The summed E-state index contributed by atoms with van der Waals surface area (Å²) in [7, 11) is 0. The Hall–Kier alpha value is -0.100. The highest BCUT2D eigenvalue weighted by Gasteiger charge is 2.05. The second-order valence-electron chi connectivity index (χ2n) is 2.82. The molecule has 0 spiro atoms. The van der Waals surface area contributed by atoms with Crippen LogP contribution < -0.4 is 4.90 Å². The lowest BCUT2D eigenvalue weighted by Crippen LogP contribution is -2.26. The maximum atomic E-state index is 5.65. The molecule has 0 amide bonds. The number of halogens is 2. The second kappa shape index (κ2) is 6.40. The van der Waals surface area contributed by atoms with E-state index >= 15 is 0 Å². The number of anilines is 1. The van der Waals surface area contributed by atoms with Crippen molar-refractivity contribution < 1.29 is 0 Å². The fourth-order valence-electron chi connectivity index (χ4n) is 1.12. The molecule has 14 heavy (non-hydrogen) atoms. The fraction of sp³-hybridized carbons (Fsp3) is 0.556. The summed E-state index contributed by atoms with van der Waals surface area (Å²) in [6.45, 7) is 3.92. The zero-order chi connectivity index (χ0) is 10.4. The Morgan fingerprint density at radius 2 is 2.07 bits per heavy atom. The molecule has 1 rings (SSSR count). The predicted molar refractivity (Wildman–Crippen MR) is 68.0 cm³/mol. The quantitative estimate of drug-likeness (QED) is 0.615. The van der Waals surface area contributed by atoms with Gasteiger partial charge in [-0.25, -0.2) is 9.97 Å². The van der Waals surface area contributed by atoms with Crippen molar-refractivity contribution in [1.29, 1.82) is 0 Å². The smallest absolute Gasteiger partial charge is 0.225 e. The van der Waals surface area contributed by atoms with Crippen LogP contribution in [-0.4, -0.2) is 28.9 Å². The van der Waals surface area contributed by atoms with E-state index in [4.69, 9.17) is 11.6 Å². The number of alkyl halides is 1. The van der Waals surface area contributed by atoms with Crippen LogP contribution >= 0.6 is 34.2 Å². The van der Waals surface area contributed by atoms with Crippen molar-refractivity contribution in [3.8, 4) is 0 Å². The summed E-state index contributed by atoms with van der Waals surface area (Å²) >= 11 is 7.84. The molecule has 0 N–H and O–H groups in total. The summed E-state index contributed by atoms with van der Waals surface area (Å²) in [5.74, 6) is 1.47. The first-order chi connectivity index (χ1) is 6.77. The standard InChI is InChI=1S/C9H13ClIN3/c1-2-14(5-3-4-10)9-12-6-8(11)7-13-9/h6-7H,2-5H2,1H3. The van der Waals surface area contributed by atoms with E-state index in [0.717, 1.165) is 29.0 Å². The molecule has 0 radical (unpaired) electrons. The molecule has 1 aromatic heterocycles. The largest absolute Gasteiger partial charge is 0.341 e. The number of hydrogen-bond donors (Lipinski definition) is 0. The van der Waals surface area contributed by atoms with Gasteiger partial charge in [0.05, 0.1) is 0 Å². The lowest BCUT2D eigenvalue weighted by molar-refractivity contribution is 0.764. The van der Waals surface area contributed by atoms with Gasteiger partial charge < -0.3 is 4.90 Å². The second-order valence-corrected chi connectivity index (χ2v) is 4.45. The monoisotopic (exact) mass is 325 g/mol. The van der Waals surface area contributed by atoms with Crippen LogP contribution in [0.25, 0.3) is 0 Å². The van der Waals surface area contributed by atoms with Gasteiger partial charge in [0.2, 0.25) is 5.95 Å². The summed E-state index contributed by atoms with van der Waals surface area (Å²) in [6.07, 6.45) is 4.61. The molecular weight excluding hydrogens is 312 g/mol. The minimum absolute atomic E-state index is 0.681. The summed E-state index contributed by atoms with van der Waals surface area (Å²) in [4.78, 5) is 10.7. The molecule has 0 saturated carbocycles. The van der Waals surface area contributed by atoms with E-state index in [1.54, 1.807) is 0 Å². The molecule has 3 nitrogen and oxygen atoms in total. The number of rotatable bonds is 5. The molecule has 0 bridgehead atoms. The van der Waals surface area contributed by atoms with Crippen LogP contribution in [0.2, 0.25) is 0 Å². The van der Waals surface area contributed by atoms with Gasteiger partial charge in [-0.15, -0.1) is 11.6 Å². The molecule has 0 fully saturated rings. The van der Waals surface area contributed by atoms with E-state index < -0.39 is 0 Å².